The molecule has 0 atom stereocenters. The fraction of sp³-hybridized carbons (Fsp3) is 0.400. The number of nitrogens with zero attached hydrogens (tertiary/aromatic N) is 1. The van der Waals surface area contributed by atoms with Gasteiger partial charge in [-0.05, 0) is 0 Å². The highest BCUT2D eigenvalue weighted by Crippen LogP contribution is 2.25. The number of nitrogens with two attached hydrogens (primary N) is 1. The summed E-state index contributed by atoms with van der Waals surface area (Å²) >= 11 is 0. The van der Waals surface area contributed by atoms with Gasteiger partial charge in [-0.25, -0.2) is 0 Å². The van der Waals surface area contributed by atoms with E-state index in [1.165, 1.54) is 12.1 Å². The first-order valence-corrected chi connectivity index (χ1v) is 5.05. The van der Waals surface area contributed by atoms with Crippen LogP contribution >= 0.6 is 0 Å². The zero-order chi connectivity index (χ0) is 12.7. The van der Waals surface area contributed by atoms with Crippen molar-refractivity contribution in [2.45, 2.75) is 6.42 Å². The topological polar surface area (TPSA) is 99.7 Å². The van der Waals surface area contributed by atoms with Crippen molar-refractivity contribution in [1.29, 1.82) is 0 Å². The van der Waals surface area contributed by atoms with E-state index in [9.17, 15) is 10.1 Å². The summed E-state index contributed by atoms with van der Waals surface area (Å²) in [5.41, 5.74) is 2.72. The summed E-state index contributed by atoms with van der Waals surface area (Å²) in [6.45, 7) is 1.01. The van der Waals surface area contributed by atoms with Crippen LogP contribution in [0.2, 0.25) is 0 Å². The monoisotopic (exact) mass is 241 g/mol. The molecule has 3 N–H and O–H groups in total. The lowest BCUT2D eigenvalue weighted by atomic mass is 10.2. The molecule has 0 aliphatic rings. The van der Waals surface area contributed by atoms with Crippen LogP contribution in [0.3, 0.4) is 0 Å². The number of rotatable bonds is 7. The zero-order valence-electron chi connectivity index (χ0n) is 9.51. The predicted octanol–water partition coefficient (Wildman–Crippen LogP) is 1.30. The Morgan fingerprint density at radius 3 is 2.76 bits per heavy atom. The number of methoxy groups -OCH3 is 1. The largest absolute Gasteiger partial charge is 0.493 e. The third-order valence-corrected chi connectivity index (χ3v) is 2.03. The van der Waals surface area contributed by atoms with Gasteiger partial charge in [-0.3, -0.25) is 16.0 Å². The molecule has 1 rings (SSSR count). The molecule has 0 amide bonds. The van der Waals surface area contributed by atoms with Crippen LogP contribution in [-0.4, -0.2) is 25.2 Å². The van der Waals surface area contributed by atoms with E-state index < -0.39 is 4.92 Å². The van der Waals surface area contributed by atoms with Gasteiger partial charge in [0.25, 0.3) is 5.69 Å². The number of hydrazine groups is 1. The van der Waals surface area contributed by atoms with E-state index in [1.807, 2.05) is 0 Å². The van der Waals surface area contributed by atoms with Crippen molar-refractivity contribution in [3.05, 3.63) is 28.3 Å². The SMILES string of the molecule is COCCCOc1cc(NN)cc([N+](=O)[O-])c1. The molecule has 7 nitrogen and oxygen atoms in total. The summed E-state index contributed by atoms with van der Waals surface area (Å²) in [4.78, 5) is 10.2. The number of nitro groups is 1. The Labute approximate surface area is 98.6 Å². The molecular formula is C10H15N3O4. The van der Waals surface area contributed by atoms with Gasteiger partial charge in [0.15, 0.2) is 0 Å². The number of nitrogens with one attached hydrogen (secondary N) is 1. The van der Waals surface area contributed by atoms with Crippen molar-refractivity contribution in [2.24, 2.45) is 5.84 Å². The first-order chi connectivity index (χ1) is 8.17. The molecule has 0 radical (unpaired) electrons. The summed E-state index contributed by atoms with van der Waals surface area (Å²) in [6, 6.07) is 4.29. The number of anilines is 1. The molecule has 0 spiro atoms. The van der Waals surface area contributed by atoms with Crippen molar-refractivity contribution < 1.29 is 14.4 Å². The number of non-ortho nitro benzene ring substituents is 1. The molecule has 0 unspecified atom stereocenters. The van der Waals surface area contributed by atoms with Gasteiger partial charge in [-0.2, -0.15) is 0 Å². The molecule has 1 aromatic carbocycles. The minimum Gasteiger partial charge on any atom is -0.493 e. The number of nitrogen functional groups attached to an aromatic ring is 1. The molecule has 0 aliphatic carbocycles. The molecule has 0 saturated heterocycles. The quantitative estimate of drug-likeness (QED) is 0.323. The van der Waals surface area contributed by atoms with Gasteiger partial charge in [0.1, 0.15) is 5.75 Å². The van der Waals surface area contributed by atoms with Crippen LogP contribution in [0, 0.1) is 10.1 Å². The summed E-state index contributed by atoms with van der Waals surface area (Å²) < 4.78 is 10.2. The zero-order valence-corrected chi connectivity index (χ0v) is 9.51. The normalized spacial score (nSPS) is 10.0. The van der Waals surface area contributed by atoms with E-state index in [0.717, 1.165) is 0 Å². The molecule has 0 fully saturated rings. The molecular weight excluding hydrogens is 226 g/mol. The number of hydrogen-bond donors (Lipinski definition) is 2. The highest BCUT2D eigenvalue weighted by atomic mass is 16.6. The first-order valence-electron chi connectivity index (χ1n) is 5.05. The van der Waals surface area contributed by atoms with Gasteiger partial charge in [0.2, 0.25) is 0 Å². The number of ether oxygens (including phenoxy) is 2. The Kier molecular flexibility index (Phi) is 5.18. The van der Waals surface area contributed by atoms with Crippen molar-refractivity contribution in [1.82, 2.24) is 0 Å². The van der Waals surface area contributed by atoms with Gasteiger partial charge in [-0.1, -0.05) is 0 Å². The van der Waals surface area contributed by atoms with E-state index in [1.54, 1.807) is 13.2 Å². The summed E-state index contributed by atoms with van der Waals surface area (Å²) in [6.07, 6.45) is 0.713. The van der Waals surface area contributed by atoms with Crippen molar-refractivity contribution in [3.8, 4) is 5.75 Å². The fourth-order valence-corrected chi connectivity index (χ4v) is 1.25. The number of hydrogen-bond acceptors (Lipinski definition) is 6. The Morgan fingerprint density at radius 2 is 2.18 bits per heavy atom. The fourth-order valence-electron chi connectivity index (χ4n) is 1.25. The van der Waals surface area contributed by atoms with Crippen LogP contribution in [0.4, 0.5) is 11.4 Å². The molecule has 94 valence electrons. The van der Waals surface area contributed by atoms with Gasteiger partial charge in [0.05, 0.1) is 23.3 Å². The second-order valence-corrected chi connectivity index (χ2v) is 3.31. The van der Waals surface area contributed by atoms with Gasteiger partial charge < -0.3 is 14.9 Å². The van der Waals surface area contributed by atoms with Crippen LogP contribution in [0.5, 0.6) is 5.75 Å². The molecule has 1 aromatic rings. The molecule has 7 heteroatoms. The Balaban J connectivity index is 2.70. The van der Waals surface area contributed by atoms with E-state index in [-0.39, 0.29) is 5.69 Å². The lowest BCUT2D eigenvalue weighted by molar-refractivity contribution is -0.384. The van der Waals surface area contributed by atoms with Crippen LogP contribution in [0.25, 0.3) is 0 Å². The maximum Gasteiger partial charge on any atom is 0.275 e. The van der Waals surface area contributed by atoms with E-state index in [2.05, 4.69) is 5.43 Å². The first kappa shape index (κ1) is 13.2. The summed E-state index contributed by atoms with van der Waals surface area (Å²) in [7, 11) is 1.60. The standard InChI is InChI=1S/C10H15N3O4/c1-16-3-2-4-17-10-6-8(12-11)5-9(7-10)13(14)15/h5-7,12H,2-4,11H2,1H3. The van der Waals surface area contributed by atoms with Gasteiger partial charge in [-0.15, -0.1) is 0 Å². The average molecular weight is 241 g/mol. The second kappa shape index (κ2) is 6.66. The van der Waals surface area contributed by atoms with Crippen LogP contribution in [0.1, 0.15) is 6.42 Å². The minimum absolute atomic E-state index is 0.0674. The van der Waals surface area contributed by atoms with Crippen LogP contribution in [0.15, 0.2) is 18.2 Å². The lowest BCUT2D eigenvalue weighted by Gasteiger charge is -2.07. The highest BCUT2D eigenvalue weighted by molar-refractivity contribution is 5.55. The van der Waals surface area contributed by atoms with Crippen molar-refractivity contribution in [3.63, 3.8) is 0 Å². The van der Waals surface area contributed by atoms with E-state index in [4.69, 9.17) is 15.3 Å². The maximum absolute atomic E-state index is 10.7. The van der Waals surface area contributed by atoms with Crippen molar-refractivity contribution in [2.75, 3.05) is 25.7 Å². The highest BCUT2D eigenvalue weighted by Gasteiger charge is 2.10. The van der Waals surface area contributed by atoms with E-state index >= 15 is 0 Å². The molecule has 0 bridgehead atoms. The van der Waals surface area contributed by atoms with Crippen LogP contribution < -0.4 is 16.0 Å². The summed E-state index contributed by atoms with van der Waals surface area (Å²) in [5, 5.41) is 10.7. The Hall–Kier alpha value is -1.86. The number of nitro benzene ring substituents is 1. The summed E-state index contributed by atoms with van der Waals surface area (Å²) in [5.74, 6) is 5.62. The average Bonchev–Trinajstić information content (AvgIpc) is 2.34. The third-order valence-electron chi connectivity index (χ3n) is 2.03. The molecule has 0 saturated carbocycles. The molecule has 0 heterocycles. The predicted molar refractivity (Wildman–Crippen MR) is 62.9 cm³/mol. The Bertz CT molecular complexity index is 384. The van der Waals surface area contributed by atoms with E-state index in [0.29, 0.717) is 31.1 Å². The van der Waals surface area contributed by atoms with Crippen molar-refractivity contribution >= 4 is 11.4 Å². The third kappa shape index (κ3) is 4.25. The van der Waals surface area contributed by atoms with Gasteiger partial charge >= 0.3 is 0 Å². The Morgan fingerprint density at radius 1 is 1.41 bits per heavy atom. The smallest absolute Gasteiger partial charge is 0.275 e. The number of benzene rings is 1. The van der Waals surface area contributed by atoms with Gasteiger partial charge in [0, 0.05) is 32.3 Å². The maximum atomic E-state index is 10.7. The molecule has 0 aliphatic heterocycles. The molecule has 17 heavy (non-hydrogen) atoms. The lowest BCUT2D eigenvalue weighted by Crippen LogP contribution is -2.08. The minimum atomic E-state index is -0.497. The van der Waals surface area contributed by atoms with Crippen LogP contribution in [-0.2, 0) is 4.74 Å². The second-order valence-electron chi connectivity index (χ2n) is 3.31. The molecule has 0 aromatic heterocycles.